The van der Waals surface area contributed by atoms with Crippen molar-refractivity contribution in [3.05, 3.63) is 35.5 Å². The molecule has 2 rings (SSSR count). The van der Waals surface area contributed by atoms with E-state index in [1.165, 1.54) is 0 Å². The summed E-state index contributed by atoms with van der Waals surface area (Å²) in [7, 11) is 1.94. The third kappa shape index (κ3) is 3.33. The highest BCUT2D eigenvalue weighted by atomic mass is 32.1. The Kier molecular flexibility index (Phi) is 4.33. The minimum atomic E-state index is -0.217. The maximum atomic E-state index is 11.5. The van der Waals surface area contributed by atoms with Crippen molar-refractivity contribution in [1.29, 1.82) is 5.26 Å². The molecule has 0 bridgehead atoms. The standard InChI is InChI=1S/C14H14N4OS/c1-18(8-2-7-15)11-5-3-10(4-6-11)9-12-13(19)17-14(20)16-12/h3-6,9H,2,8H2,1H3,(H2,16,17,19,20)/b12-9-. The minimum Gasteiger partial charge on any atom is -0.374 e. The average Bonchev–Trinajstić information content (AvgIpc) is 2.75. The molecule has 0 spiro atoms. The van der Waals surface area contributed by atoms with Gasteiger partial charge in [0, 0.05) is 19.3 Å². The van der Waals surface area contributed by atoms with Crippen LogP contribution in [0.5, 0.6) is 0 Å². The van der Waals surface area contributed by atoms with E-state index in [0.29, 0.717) is 23.8 Å². The van der Waals surface area contributed by atoms with Crippen molar-refractivity contribution in [2.24, 2.45) is 0 Å². The number of benzene rings is 1. The molecule has 1 aromatic rings. The van der Waals surface area contributed by atoms with Crippen molar-refractivity contribution in [2.75, 3.05) is 18.5 Å². The first-order valence-corrected chi connectivity index (χ1v) is 6.53. The lowest BCUT2D eigenvalue weighted by Gasteiger charge is -2.17. The van der Waals surface area contributed by atoms with Crippen LogP contribution in [-0.4, -0.2) is 24.6 Å². The first-order valence-electron chi connectivity index (χ1n) is 6.12. The summed E-state index contributed by atoms with van der Waals surface area (Å²) in [6.07, 6.45) is 2.23. The monoisotopic (exact) mass is 286 g/mol. The second-order valence-electron chi connectivity index (χ2n) is 4.39. The number of carbonyl (C=O) groups excluding carboxylic acids is 1. The molecule has 20 heavy (non-hydrogen) atoms. The maximum absolute atomic E-state index is 11.5. The van der Waals surface area contributed by atoms with E-state index < -0.39 is 0 Å². The molecule has 0 unspecified atom stereocenters. The number of rotatable bonds is 4. The highest BCUT2D eigenvalue weighted by molar-refractivity contribution is 7.80. The first kappa shape index (κ1) is 14.0. The number of hydrogen-bond donors (Lipinski definition) is 2. The fourth-order valence-electron chi connectivity index (χ4n) is 1.82. The molecule has 0 aromatic heterocycles. The van der Waals surface area contributed by atoms with Crippen LogP contribution in [0.4, 0.5) is 5.69 Å². The molecule has 102 valence electrons. The number of thiocarbonyl (C=S) groups is 1. The number of nitrogens with one attached hydrogen (secondary N) is 2. The lowest BCUT2D eigenvalue weighted by molar-refractivity contribution is -0.115. The van der Waals surface area contributed by atoms with Crippen LogP contribution >= 0.6 is 12.2 Å². The molecular weight excluding hydrogens is 272 g/mol. The summed E-state index contributed by atoms with van der Waals surface area (Å²) < 4.78 is 0. The number of hydrogen-bond acceptors (Lipinski definition) is 4. The molecule has 2 N–H and O–H groups in total. The largest absolute Gasteiger partial charge is 0.374 e. The Morgan fingerprint density at radius 3 is 2.60 bits per heavy atom. The zero-order chi connectivity index (χ0) is 14.5. The van der Waals surface area contributed by atoms with Gasteiger partial charge >= 0.3 is 0 Å². The van der Waals surface area contributed by atoms with Gasteiger partial charge in [0.1, 0.15) is 5.70 Å². The van der Waals surface area contributed by atoms with Gasteiger partial charge in [-0.15, -0.1) is 0 Å². The van der Waals surface area contributed by atoms with E-state index in [1.807, 2.05) is 36.2 Å². The van der Waals surface area contributed by atoms with Crippen LogP contribution in [0.1, 0.15) is 12.0 Å². The molecule has 0 aliphatic carbocycles. The summed E-state index contributed by atoms with van der Waals surface area (Å²) >= 11 is 4.87. The molecule has 1 fully saturated rings. The van der Waals surface area contributed by atoms with Crippen molar-refractivity contribution >= 4 is 35.0 Å². The number of nitrogens with zero attached hydrogens (tertiary/aromatic N) is 2. The molecule has 1 aliphatic heterocycles. The Labute approximate surface area is 122 Å². The van der Waals surface area contributed by atoms with Gasteiger partial charge in [-0.25, -0.2) is 0 Å². The normalized spacial score (nSPS) is 15.7. The number of amides is 1. The zero-order valence-electron chi connectivity index (χ0n) is 11.0. The Bertz CT molecular complexity index is 601. The third-order valence-electron chi connectivity index (χ3n) is 2.92. The first-order chi connectivity index (χ1) is 9.60. The van der Waals surface area contributed by atoms with Crippen LogP contribution < -0.4 is 15.5 Å². The van der Waals surface area contributed by atoms with Crippen molar-refractivity contribution in [2.45, 2.75) is 6.42 Å². The second kappa shape index (κ2) is 6.17. The van der Waals surface area contributed by atoms with Gasteiger partial charge in [-0.2, -0.15) is 5.26 Å². The molecular formula is C14H14N4OS. The van der Waals surface area contributed by atoms with E-state index in [4.69, 9.17) is 17.5 Å². The SMILES string of the molecule is CN(CCC#N)c1ccc(/C=C2\NC(=S)NC2=O)cc1. The van der Waals surface area contributed by atoms with Gasteiger partial charge in [-0.1, -0.05) is 12.1 Å². The molecule has 1 aliphatic rings. The van der Waals surface area contributed by atoms with Crippen molar-refractivity contribution in [3.8, 4) is 6.07 Å². The van der Waals surface area contributed by atoms with Crippen molar-refractivity contribution in [3.63, 3.8) is 0 Å². The van der Waals surface area contributed by atoms with Crippen LogP contribution in [0.2, 0.25) is 0 Å². The molecule has 0 saturated carbocycles. The van der Waals surface area contributed by atoms with Gasteiger partial charge in [0.05, 0.1) is 12.5 Å². The van der Waals surface area contributed by atoms with Gasteiger partial charge in [0.15, 0.2) is 5.11 Å². The van der Waals surface area contributed by atoms with Crippen LogP contribution in [0, 0.1) is 11.3 Å². The molecule has 1 amide bonds. The summed E-state index contributed by atoms with van der Waals surface area (Å²) in [4.78, 5) is 13.5. The van der Waals surface area contributed by atoms with Gasteiger partial charge in [-0.3, -0.25) is 10.1 Å². The fourth-order valence-corrected chi connectivity index (χ4v) is 2.02. The van der Waals surface area contributed by atoms with Crippen LogP contribution in [-0.2, 0) is 4.79 Å². The van der Waals surface area contributed by atoms with Crippen LogP contribution in [0.25, 0.3) is 6.08 Å². The van der Waals surface area contributed by atoms with E-state index in [0.717, 1.165) is 11.3 Å². The predicted molar refractivity (Wildman–Crippen MR) is 81.8 cm³/mol. The quantitative estimate of drug-likeness (QED) is 0.646. The molecule has 6 heteroatoms. The third-order valence-corrected chi connectivity index (χ3v) is 3.13. The summed E-state index contributed by atoms with van der Waals surface area (Å²) in [5, 5.41) is 14.2. The molecule has 0 radical (unpaired) electrons. The lowest BCUT2D eigenvalue weighted by atomic mass is 10.1. The number of nitriles is 1. The highest BCUT2D eigenvalue weighted by Crippen LogP contribution is 2.16. The van der Waals surface area contributed by atoms with Gasteiger partial charge in [-0.05, 0) is 36.0 Å². The summed E-state index contributed by atoms with van der Waals surface area (Å²) in [6, 6.07) is 9.86. The highest BCUT2D eigenvalue weighted by Gasteiger charge is 2.19. The smallest absolute Gasteiger partial charge is 0.273 e. The topological polar surface area (TPSA) is 68.2 Å². The van der Waals surface area contributed by atoms with Gasteiger partial charge in [0.2, 0.25) is 0 Å². The van der Waals surface area contributed by atoms with E-state index >= 15 is 0 Å². The van der Waals surface area contributed by atoms with E-state index in [2.05, 4.69) is 16.7 Å². The Morgan fingerprint density at radius 2 is 2.05 bits per heavy atom. The number of carbonyl (C=O) groups is 1. The van der Waals surface area contributed by atoms with Crippen molar-refractivity contribution < 1.29 is 4.79 Å². The second-order valence-corrected chi connectivity index (χ2v) is 4.80. The lowest BCUT2D eigenvalue weighted by Crippen LogP contribution is -2.21. The predicted octanol–water partition coefficient (Wildman–Crippen LogP) is 1.38. The summed E-state index contributed by atoms with van der Waals surface area (Å²) in [5.74, 6) is -0.217. The average molecular weight is 286 g/mol. The minimum absolute atomic E-state index is 0.217. The Hall–Kier alpha value is -2.39. The van der Waals surface area contributed by atoms with Gasteiger partial charge in [0.25, 0.3) is 5.91 Å². The molecule has 1 aromatic carbocycles. The Morgan fingerprint density at radius 1 is 1.35 bits per heavy atom. The van der Waals surface area contributed by atoms with E-state index in [-0.39, 0.29) is 5.91 Å². The Balaban J connectivity index is 2.09. The fraction of sp³-hybridized carbons (Fsp3) is 0.214. The van der Waals surface area contributed by atoms with E-state index in [9.17, 15) is 4.79 Å². The van der Waals surface area contributed by atoms with Gasteiger partial charge < -0.3 is 10.2 Å². The molecule has 0 atom stereocenters. The van der Waals surface area contributed by atoms with E-state index in [1.54, 1.807) is 6.08 Å². The van der Waals surface area contributed by atoms with Crippen LogP contribution in [0.15, 0.2) is 30.0 Å². The molecule has 5 nitrogen and oxygen atoms in total. The number of anilines is 1. The van der Waals surface area contributed by atoms with Crippen molar-refractivity contribution in [1.82, 2.24) is 10.6 Å². The summed E-state index contributed by atoms with van der Waals surface area (Å²) in [5.41, 5.74) is 2.38. The molecule has 1 saturated heterocycles. The summed E-state index contributed by atoms with van der Waals surface area (Å²) in [6.45, 7) is 0.690. The molecule has 1 heterocycles. The zero-order valence-corrected chi connectivity index (χ0v) is 11.8. The maximum Gasteiger partial charge on any atom is 0.273 e. The van der Waals surface area contributed by atoms with Crippen LogP contribution in [0.3, 0.4) is 0 Å².